The lowest BCUT2D eigenvalue weighted by Crippen LogP contribution is -2.35. The lowest BCUT2D eigenvalue weighted by Gasteiger charge is -2.09. The van der Waals surface area contributed by atoms with Gasteiger partial charge in [-0.3, -0.25) is 9.59 Å². The molecule has 2 aromatic carbocycles. The van der Waals surface area contributed by atoms with Gasteiger partial charge >= 0.3 is 5.97 Å². The molecular weight excluding hydrogens is 369 g/mol. The minimum absolute atomic E-state index is 0.0484. The van der Waals surface area contributed by atoms with E-state index in [1.807, 2.05) is 5.32 Å². The van der Waals surface area contributed by atoms with Crippen LogP contribution in [0.25, 0.3) is 0 Å². The maximum Gasteiger partial charge on any atom is 0.338 e. The molecule has 0 aliphatic rings. The summed E-state index contributed by atoms with van der Waals surface area (Å²) in [6.07, 6.45) is 0. The largest absolute Gasteiger partial charge is 0.508 e. The van der Waals surface area contributed by atoms with Crippen LogP contribution in [-0.4, -0.2) is 36.0 Å². The standard InChI is InChI=1S/C17H13F3N2O5/c18-11-5-6-12(16(20)15(11)19)22-13(24)7-21-14(25)8-27-17(26)9-1-3-10(23)4-2-9/h1-6,23H,7-8H2,(H,21,25)(H,22,24). The second kappa shape index (κ2) is 8.70. The molecule has 0 aromatic heterocycles. The molecule has 2 amide bonds. The summed E-state index contributed by atoms with van der Waals surface area (Å²) in [7, 11) is 0. The maximum absolute atomic E-state index is 13.4. The maximum atomic E-state index is 13.4. The first kappa shape index (κ1) is 19.8. The van der Waals surface area contributed by atoms with Crippen LogP contribution in [0.2, 0.25) is 0 Å². The number of carbonyl (C=O) groups is 3. The molecule has 2 aromatic rings. The first-order valence-corrected chi connectivity index (χ1v) is 7.44. The summed E-state index contributed by atoms with van der Waals surface area (Å²) in [6, 6.07) is 6.57. The van der Waals surface area contributed by atoms with Gasteiger partial charge in [-0.15, -0.1) is 0 Å². The Labute approximate surface area is 150 Å². The van der Waals surface area contributed by atoms with E-state index in [2.05, 4.69) is 5.32 Å². The second-order valence-corrected chi connectivity index (χ2v) is 5.17. The van der Waals surface area contributed by atoms with Crippen molar-refractivity contribution in [3.8, 4) is 5.75 Å². The quantitative estimate of drug-likeness (QED) is 0.521. The average molecular weight is 382 g/mol. The minimum atomic E-state index is -1.74. The SMILES string of the molecule is O=C(COC(=O)c1ccc(O)cc1)NCC(=O)Nc1ccc(F)c(F)c1F. The van der Waals surface area contributed by atoms with Gasteiger partial charge in [0.25, 0.3) is 5.91 Å². The molecule has 0 unspecified atom stereocenters. The number of ether oxygens (including phenoxy) is 1. The molecular formula is C17H13F3N2O5. The number of esters is 1. The van der Waals surface area contributed by atoms with E-state index in [1.54, 1.807) is 0 Å². The number of halogens is 3. The summed E-state index contributed by atoms with van der Waals surface area (Å²) in [6.45, 7) is -1.31. The third-order valence-corrected chi connectivity index (χ3v) is 3.19. The lowest BCUT2D eigenvalue weighted by atomic mass is 10.2. The molecule has 0 bridgehead atoms. The van der Waals surface area contributed by atoms with Crippen LogP contribution in [0.5, 0.6) is 5.75 Å². The number of phenolic OH excluding ortho intramolecular Hbond substituents is 1. The van der Waals surface area contributed by atoms with Crippen LogP contribution in [0.4, 0.5) is 18.9 Å². The van der Waals surface area contributed by atoms with Crippen molar-refractivity contribution in [3.63, 3.8) is 0 Å². The monoisotopic (exact) mass is 382 g/mol. The summed E-state index contributed by atoms with van der Waals surface area (Å²) in [4.78, 5) is 34.8. The van der Waals surface area contributed by atoms with Crippen molar-refractivity contribution < 1.29 is 37.4 Å². The Bertz CT molecular complexity index is 872. The average Bonchev–Trinajstić information content (AvgIpc) is 2.65. The molecule has 0 spiro atoms. The van der Waals surface area contributed by atoms with E-state index in [0.29, 0.717) is 6.07 Å². The van der Waals surface area contributed by atoms with Crippen LogP contribution in [0.15, 0.2) is 36.4 Å². The molecule has 0 saturated carbocycles. The van der Waals surface area contributed by atoms with Gasteiger partial charge in [0.1, 0.15) is 5.75 Å². The highest BCUT2D eigenvalue weighted by molar-refractivity contribution is 5.95. The summed E-state index contributed by atoms with van der Waals surface area (Å²) in [5.74, 6) is -7.31. The van der Waals surface area contributed by atoms with Crippen molar-refractivity contribution in [1.29, 1.82) is 0 Å². The molecule has 10 heteroatoms. The number of hydrogen-bond acceptors (Lipinski definition) is 5. The van der Waals surface area contributed by atoms with Crippen LogP contribution in [0, 0.1) is 17.5 Å². The molecule has 0 aliphatic carbocycles. The van der Waals surface area contributed by atoms with E-state index in [9.17, 15) is 27.6 Å². The summed E-state index contributed by atoms with van der Waals surface area (Å²) < 4.78 is 44.0. The van der Waals surface area contributed by atoms with Crippen LogP contribution < -0.4 is 10.6 Å². The van der Waals surface area contributed by atoms with E-state index in [1.165, 1.54) is 24.3 Å². The van der Waals surface area contributed by atoms with E-state index >= 15 is 0 Å². The van der Waals surface area contributed by atoms with E-state index in [0.717, 1.165) is 6.07 Å². The zero-order valence-electron chi connectivity index (χ0n) is 13.6. The summed E-state index contributed by atoms with van der Waals surface area (Å²) >= 11 is 0. The normalized spacial score (nSPS) is 10.2. The molecule has 0 heterocycles. The molecule has 0 aliphatic heterocycles. The molecule has 7 nitrogen and oxygen atoms in total. The minimum Gasteiger partial charge on any atom is -0.508 e. The molecule has 142 valence electrons. The van der Waals surface area contributed by atoms with Crippen LogP contribution in [0.1, 0.15) is 10.4 Å². The van der Waals surface area contributed by atoms with Crippen molar-refractivity contribution in [3.05, 3.63) is 59.4 Å². The predicted molar refractivity (Wildman–Crippen MR) is 86.3 cm³/mol. The first-order chi connectivity index (χ1) is 12.8. The Morgan fingerprint density at radius 2 is 1.59 bits per heavy atom. The van der Waals surface area contributed by atoms with E-state index in [4.69, 9.17) is 9.84 Å². The predicted octanol–water partition coefficient (Wildman–Crippen LogP) is 1.72. The van der Waals surface area contributed by atoms with Crippen LogP contribution in [-0.2, 0) is 14.3 Å². The fourth-order valence-electron chi connectivity index (χ4n) is 1.86. The third-order valence-electron chi connectivity index (χ3n) is 3.19. The van der Waals surface area contributed by atoms with Gasteiger partial charge in [-0.25, -0.2) is 18.0 Å². The summed E-state index contributed by atoms with van der Waals surface area (Å²) in [5.41, 5.74) is -0.487. The molecule has 0 fully saturated rings. The van der Waals surface area contributed by atoms with Gasteiger partial charge < -0.3 is 20.5 Å². The number of amides is 2. The van der Waals surface area contributed by atoms with Crippen molar-refractivity contribution in [2.75, 3.05) is 18.5 Å². The molecule has 0 radical (unpaired) electrons. The highest BCUT2D eigenvalue weighted by Gasteiger charge is 2.16. The van der Waals surface area contributed by atoms with E-state index in [-0.39, 0.29) is 11.3 Å². The van der Waals surface area contributed by atoms with Crippen molar-refractivity contribution in [2.45, 2.75) is 0 Å². The van der Waals surface area contributed by atoms with Gasteiger partial charge in [-0.2, -0.15) is 0 Å². The number of aromatic hydroxyl groups is 1. The number of carbonyl (C=O) groups excluding carboxylic acids is 3. The number of nitrogens with one attached hydrogen (secondary N) is 2. The molecule has 0 atom stereocenters. The molecule has 0 saturated heterocycles. The molecule has 27 heavy (non-hydrogen) atoms. The topological polar surface area (TPSA) is 105 Å². The fourth-order valence-corrected chi connectivity index (χ4v) is 1.86. The van der Waals surface area contributed by atoms with Gasteiger partial charge in [0.15, 0.2) is 24.1 Å². The smallest absolute Gasteiger partial charge is 0.338 e. The fraction of sp³-hybridized carbons (Fsp3) is 0.118. The van der Waals surface area contributed by atoms with Crippen LogP contribution in [0.3, 0.4) is 0 Å². The van der Waals surface area contributed by atoms with Crippen LogP contribution >= 0.6 is 0 Å². The molecule has 3 N–H and O–H groups in total. The highest BCUT2D eigenvalue weighted by Crippen LogP contribution is 2.19. The van der Waals surface area contributed by atoms with Crippen molar-refractivity contribution >= 4 is 23.5 Å². The lowest BCUT2D eigenvalue weighted by molar-refractivity contribution is -0.126. The number of anilines is 1. The van der Waals surface area contributed by atoms with Crippen molar-refractivity contribution in [2.24, 2.45) is 0 Å². The Hall–Kier alpha value is -3.56. The Morgan fingerprint density at radius 1 is 0.926 bits per heavy atom. The Balaban J connectivity index is 1.78. The van der Waals surface area contributed by atoms with Gasteiger partial charge in [0.2, 0.25) is 5.91 Å². The van der Waals surface area contributed by atoms with Gasteiger partial charge in [0, 0.05) is 0 Å². The number of rotatable bonds is 6. The Morgan fingerprint density at radius 3 is 2.26 bits per heavy atom. The van der Waals surface area contributed by atoms with E-state index < -0.39 is 54.1 Å². The highest BCUT2D eigenvalue weighted by atomic mass is 19.2. The number of benzene rings is 2. The molecule has 2 rings (SSSR count). The first-order valence-electron chi connectivity index (χ1n) is 7.44. The van der Waals surface area contributed by atoms with Gasteiger partial charge in [0.05, 0.1) is 17.8 Å². The second-order valence-electron chi connectivity index (χ2n) is 5.17. The zero-order valence-corrected chi connectivity index (χ0v) is 13.6. The van der Waals surface area contributed by atoms with Gasteiger partial charge in [-0.1, -0.05) is 0 Å². The Kier molecular flexibility index (Phi) is 6.36. The number of phenols is 1. The zero-order chi connectivity index (χ0) is 20.0. The van der Waals surface area contributed by atoms with Crippen molar-refractivity contribution in [1.82, 2.24) is 5.32 Å². The van der Waals surface area contributed by atoms with Gasteiger partial charge in [-0.05, 0) is 36.4 Å². The third kappa shape index (κ3) is 5.46. The number of hydrogen-bond donors (Lipinski definition) is 3. The summed E-state index contributed by atoms with van der Waals surface area (Å²) in [5, 5.41) is 13.2.